The van der Waals surface area contributed by atoms with Gasteiger partial charge in [0.1, 0.15) is 12.1 Å². The molecule has 1 N–H and O–H groups in total. The highest BCUT2D eigenvalue weighted by molar-refractivity contribution is 6.09. The molecule has 27 heavy (non-hydrogen) atoms. The Morgan fingerprint density at radius 1 is 1.19 bits per heavy atom. The molecule has 6 heteroatoms. The molecule has 1 heterocycles. The van der Waals surface area contributed by atoms with Crippen LogP contribution in [0.15, 0.2) is 30.3 Å². The van der Waals surface area contributed by atoms with Crippen molar-refractivity contribution in [3.8, 4) is 0 Å². The van der Waals surface area contributed by atoms with Crippen molar-refractivity contribution in [2.75, 3.05) is 6.54 Å². The van der Waals surface area contributed by atoms with Crippen LogP contribution in [0.1, 0.15) is 58.4 Å². The fraction of sp³-hybridized carbons (Fsp3) is 0.571. The maximum Gasteiger partial charge on any atom is 0.325 e. The van der Waals surface area contributed by atoms with Gasteiger partial charge in [-0.2, -0.15) is 0 Å². The second-order valence-corrected chi connectivity index (χ2v) is 8.00. The summed E-state index contributed by atoms with van der Waals surface area (Å²) in [5.74, 6) is -0.530. The average Bonchev–Trinajstić information content (AvgIpc) is 2.87. The topological polar surface area (TPSA) is 69.7 Å². The first-order chi connectivity index (χ1) is 12.8. The first-order valence-corrected chi connectivity index (χ1v) is 9.85. The zero-order valence-electron chi connectivity index (χ0n) is 16.4. The second kappa shape index (κ2) is 7.71. The lowest BCUT2D eigenvalue weighted by Gasteiger charge is -2.38. The van der Waals surface area contributed by atoms with Crippen LogP contribution in [-0.4, -0.2) is 46.3 Å². The molecular formula is C21H29N3O3. The quantitative estimate of drug-likeness (QED) is 0.809. The minimum atomic E-state index is -1.13. The molecule has 2 fully saturated rings. The van der Waals surface area contributed by atoms with Gasteiger partial charge in [0.05, 0.1) is 0 Å². The Bertz CT molecular complexity index is 713. The van der Waals surface area contributed by atoms with Gasteiger partial charge in [-0.3, -0.25) is 14.5 Å². The summed E-state index contributed by atoms with van der Waals surface area (Å²) in [6, 6.07) is 8.88. The average molecular weight is 371 g/mol. The molecule has 4 amide bonds. The predicted molar refractivity (Wildman–Crippen MR) is 103 cm³/mol. The van der Waals surface area contributed by atoms with Crippen molar-refractivity contribution in [2.24, 2.45) is 0 Å². The molecule has 6 nitrogen and oxygen atoms in total. The summed E-state index contributed by atoms with van der Waals surface area (Å²) < 4.78 is 0. The van der Waals surface area contributed by atoms with E-state index in [9.17, 15) is 14.4 Å². The fourth-order valence-corrected chi connectivity index (χ4v) is 4.30. The summed E-state index contributed by atoms with van der Waals surface area (Å²) in [5.41, 5.74) is -0.419. The van der Waals surface area contributed by atoms with Crippen molar-refractivity contribution in [1.29, 1.82) is 0 Å². The maximum atomic E-state index is 13.0. The number of hydrogen-bond acceptors (Lipinski definition) is 3. The van der Waals surface area contributed by atoms with E-state index in [1.165, 1.54) is 6.42 Å². The fourth-order valence-electron chi connectivity index (χ4n) is 4.30. The van der Waals surface area contributed by atoms with Gasteiger partial charge >= 0.3 is 6.03 Å². The molecule has 3 rings (SSSR count). The Morgan fingerprint density at radius 2 is 1.81 bits per heavy atom. The van der Waals surface area contributed by atoms with Gasteiger partial charge in [0, 0.05) is 12.1 Å². The standard InChI is InChI=1S/C21H29N3O3/c1-15(2)24(17-12-8-5-9-13-17)18(25)14-23-19(26)21(3,22-20(23)27)16-10-6-4-7-11-16/h4,6-7,10-11,15,17H,5,8-9,12-14H2,1-3H3,(H,22,27)/t21-/m1/s1. The lowest BCUT2D eigenvalue weighted by molar-refractivity contribution is -0.142. The van der Waals surface area contributed by atoms with Crippen LogP contribution >= 0.6 is 0 Å². The molecule has 1 saturated carbocycles. The molecule has 1 aromatic rings. The summed E-state index contributed by atoms with van der Waals surface area (Å²) in [6.45, 7) is 5.47. The third-order valence-corrected chi connectivity index (χ3v) is 5.73. The van der Waals surface area contributed by atoms with Gasteiger partial charge in [-0.15, -0.1) is 0 Å². The maximum absolute atomic E-state index is 13.0. The largest absolute Gasteiger partial charge is 0.336 e. The van der Waals surface area contributed by atoms with Gasteiger partial charge in [-0.1, -0.05) is 49.6 Å². The van der Waals surface area contributed by atoms with E-state index < -0.39 is 11.6 Å². The Balaban J connectivity index is 1.77. The molecule has 146 valence electrons. The van der Waals surface area contributed by atoms with Crippen molar-refractivity contribution < 1.29 is 14.4 Å². The molecule has 2 aliphatic rings. The number of carbonyl (C=O) groups excluding carboxylic acids is 3. The van der Waals surface area contributed by atoms with Gasteiger partial charge in [0.15, 0.2) is 0 Å². The van der Waals surface area contributed by atoms with E-state index in [1.54, 1.807) is 6.92 Å². The van der Waals surface area contributed by atoms with Crippen LogP contribution in [0.2, 0.25) is 0 Å². The molecule has 0 radical (unpaired) electrons. The van der Waals surface area contributed by atoms with Gasteiger partial charge in [-0.05, 0) is 39.2 Å². The molecule has 0 spiro atoms. The van der Waals surface area contributed by atoms with Crippen molar-refractivity contribution in [2.45, 2.75) is 70.5 Å². The molecule has 1 saturated heterocycles. The highest BCUT2D eigenvalue weighted by Gasteiger charge is 2.49. The minimum absolute atomic E-state index is 0.0434. The smallest absolute Gasteiger partial charge is 0.325 e. The zero-order chi connectivity index (χ0) is 19.6. The first-order valence-electron chi connectivity index (χ1n) is 9.85. The molecule has 0 aromatic heterocycles. The number of carbonyl (C=O) groups is 3. The summed E-state index contributed by atoms with van der Waals surface area (Å²) in [7, 11) is 0. The van der Waals surface area contributed by atoms with E-state index in [0.717, 1.165) is 30.6 Å². The van der Waals surface area contributed by atoms with Crippen LogP contribution in [-0.2, 0) is 15.1 Å². The minimum Gasteiger partial charge on any atom is -0.336 e. The highest BCUT2D eigenvalue weighted by atomic mass is 16.2. The van der Waals surface area contributed by atoms with E-state index in [0.29, 0.717) is 5.56 Å². The summed E-state index contributed by atoms with van der Waals surface area (Å²) in [5, 5.41) is 2.77. The lowest BCUT2D eigenvalue weighted by atomic mass is 9.92. The van der Waals surface area contributed by atoms with Crippen LogP contribution in [0.5, 0.6) is 0 Å². The molecule has 0 bridgehead atoms. The van der Waals surface area contributed by atoms with Crippen molar-refractivity contribution in [1.82, 2.24) is 15.1 Å². The zero-order valence-corrected chi connectivity index (χ0v) is 16.4. The molecule has 1 aliphatic carbocycles. The molecule has 1 aliphatic heterocycles. The van der Waals surface area contributed by atoms with Gasteiger partial charge in [0.2, 0.25) is 5.91 Å². The van der Waals surface area contributed by atoms with E-state index in [2.05, 4.69) is 5.32 Å². The predicted octanol–water partition coefficient (Wildman–Crippen LogP) is 3.02. The molecule has 1 aromatic carbocycles. The van der Waals surface area contributed by atoms with Crippen molar-refractivity contribution in [3.05, 3.63) is 35.9 Å². The van der Waals surface area contributed by atoms with Crippen molar-refractivity contribution >= 4 is 17.8 Å². The number of benzene rings is 1. The molecule has 1 atom stereocenters. The number of hydrogen-bond donors (Lipinski definition) is 1. The van der Waals surface area contributed by atoms with Gasteiger partial charge < -0.3 is 10.2 Å². The summed E-state index contributed by atoms with van der Waals surface area (Å²) in [6.07, 6.45) is 5.43. The summed E-state index contributed by atoms with van der Waals surface area (Å²) in [4.78, 5) is 41.5. The van der Waals surface area contributed by atoms with E-state index in [4.69, 9.17) is 0 Å². The number of nitrogens with one attached hydrogen (secondary N) is 1. The third kappa shape index (κ3) is 3.70. The number of nitrogens with zero attached hydrogens (tertiary/aromatic N) is 2. The number of rotatable bonds is 5. The number of urea groups is 1. The Labute approximate surface area is 160 Å². The Morgan fingerprint density at radius 3 is 2.41 bits per heavy atom. The Hall–Kier alpha value is -2.37. The van der Waals surface area contributed by atoms with Crippen LogP contribution in [0, 0.1) is 0 Å². The lowest BCUT2D eigenvalue weighted by Crippen LogP contribution is -2.51. The van der Waals surface area contributed by atoms with Crippen LogP contribution < -0.4 is 5.32 Å². The van der Waals surface area contributed by atoms with Crippen molar-refractivity contribution in [3.63, 3.8) is 0 Å². The highest BCUT2D eigenvalue weighted by Crippen LogP contribution is 2.29. The normalized spacial score (nSPS) is 23.6. The monoisotopic (exact) mass is 371 g/mol. The molecular weight excluding hydrogens is 342 g/mol. The van der Waals surface area contributed by atoms with Gasteiger partial charge in [-0.25, -0.2) is 4.79 Å². The van der Waals surface area contributed by atoms with Crippen LogP contribution in [0.3, 0.4) is 0 Å². The first kappa shape index (κ1) is 19.4. The van der Waals surface area contributed by atoms with E-state index in [-0.39, 0.29) is 30.4 Å². The van der Waals surface area contributed by atoms with Crippen LogP contribution in [0.25, 0.3) is 0 Å². The van der Waals surface area contributed by atoms with Gasteiger partial charge in [0.25, 0.3) is 5.91 Å². The van der Waals surface area contributed by atoms with Crippen LogP contribution in [0.4, 0.5) is 4.79 Å². The number of imide groups is 1. The number of amides is 4. The summed E-state index contributed by atoms with van der Waals surface area (Å²) >= 11 is 0. The SMILES string of the molecule is CC(C)N(C(=O)CN1C(=O)N[C@](C)(c2ccccc2)C1=O)C1CCCCC1. The van der Waals surface area contributed by atoms with E-state index in [1.807, 2.05) is 49.1 Å². The third-order valence-electron chi connectivity index (χ3n) is 5.73. The van der Waals surface area contributed by atoms with E-state index >= 15 is 0 Å². The molecule has 0 unspecified atom stereocenters. The second-order valence-electron chi connectivity index (χ2n) is 8.00. The Kier molecular flexibility index (Phi) is 5.53.